The fraction of sp³-hybridized carbons (Fsp3) is 0.259. The van der Waals surface area contributed by atoms with Crippen molar-refractivity contribution in [2.24, 2.45) is 0 Å². The van der Waals surface area contributed by atoms with E-state index in [1.165, 1.54) is 19.2 Å². The third-order valence-corrected chi connectivity index (χ3v) is 7.39. The zero-order valence-corrected chi connectivity index (χ0v) is 21.0. The summed E-state index contributed by atoms with van der Waals surface area (Å²) in [5.74, 6) is -0.101. The molecule has 4 rings (SSSR count). The summed E-state index contributed by atoms with van der Waals surface area (Å²) in [5.41, 5.74) is 2.34. The van der Waals surface area contributed by atoms with Crippen molar-refractivity contribution >= 4 is 33.2 Å². The summed E-state index contributed by atoms with van der Waals surface area (Å²) in [5, 5.41) is 2.81. The van der Waals surface area contributed by atoms with E-state index in [0.29, 0.717) is 29.1 Å². The number of methoxy groups -OCH3 is 1. The molecule has 3 aromatic rings. The van der Waals surface area contributed by atoms with Gasteiger partial charge < -0.3 is 15.0 Å². The molecule has 1 aliphatic carbocycles. The van der Waals surface area contributed by atoms with Crippen LogP contribution in [0.25, 0.3) is 0 Å². The van der Waals surface area contributed by atoms with Gasteiger partial charge in [-0.25, -0.2) is 13.1 Å². The van der Waals surface area contributed by atoms with E-state index in [1.807, 2.05) is 37.3 Å². The SMILES string of the molecule is CCN(C(=O)c1ccc(NC(=O)Cc2ccc(S(=O)(=O)NC3CC3)cc2)c(OC)c1)c1ccccc1. The Morgan fingerprint density at radius 1 is 1.00 bits per heavy atom. The molecule has 8 nitrogen and oxygen atoms in total. The van der Waals surface area contributed by atoms with Crippen molar-refractivity contribution in [3.8, 4) is 5.75 Å². The molecule has 3 aromatic carbocycles. The van der Waals surface area contributed by atoms with Gasteiger partial charge >= 0.3 is 0 Å². The minimum atomic E-state index is -3.54. The monoisotopic (exact) mass is 507 g/mol. The molecule has 0 aromatic heterocycles. The number of hydrogen-bond donors (Lipinski definition) is 2. The first-order chi connectivity index (χ1) is 17.3. The van der Waals surface area contributed by atoms with E-state index in [1.54, 1.807) is 35.2 Å². The molecule has 0 heterocycles. The zero-order chi connectivity index (χ0) is 25.7. The third-order valence-electron chi connectivity index (χ3n) is 5.85. The van der Waals surface area contributed by atoms with Crippen LogP contribution in [0, 0.1) is 0 Å². The smallest absolute Gasteiger partial charge is 0.258 e. The Balaban J connectivity index is 1.43. The largest absolute Gasteiger partial charge is 0.495 e. The number of ether oxygens (including phenoxy) is 1. The average Bonchev–Trinajstić information content (AvgIpc) is 3.69. The number of hydrogen-bond acceptors (Lipinski definition) is 5. The van der Waals surface area contributed by atoms with Crippen molar-refractivity contribution in [1.82, 2.24) is 4.72 Å². The second-order valence-corrected chi connectivity index (χ2v) is 10.3. The van der Waals surface area contributed by atoms with Gasteiger partial charge in [0.2, 0.25) is 15.9 Å². The molecule has 0 saturated heterocycles. The van der Waals surface area contributed by atoms with Crippen molar-refractivity contribution in [3.63, 3.8) is 0 Å². The number of nitrogens with one attached hydrogen (secondary N) is 2. The molecule has 2 amide bonds. The lowest BCUT2D eigenvalue weighted by Crippen LogP contribution is -2.30. The van der Waals surface area contributed by atoms with Crippen LogP contribution >= 0.6 is 0 Å². The standard InChI is InChI=1S/C27H29N3O5S/c1-3-30(22-7-5-4-6-8-22)27(32)20-11-16-24(25(18-20)35-2)28-26(31)17-19-9-14-23(15-10-19)36(33,34)29-21-12-13-21/h4-11,14-16,18,21,29H,3,12-13,17H2,1-2H3,(H,28,31). The molecule has 36 heavy (non-hydrogen) atoms. The van der Waals surface area contributed by atoms with E-state index in [0.717, 1.165) is 18.5 Å². The first kappa shape index (κ1) is 25.4. The maximum Gasteiger partial charge on any atom is 0.258 e. The highest BCUT2D eigenvalue weighted by Gasteiger charge is 2.28. The number of benzene rings is 3. The Labute approximate surface area is 211 Å². The molecular weight excluding hydrogens is 478 g/mol. The summed E-state index contributed by atoms with van der Waals surface area (Å²) in [6, 6.07) is 20.6. The Morgan fingerprint density at radius 3 is 2.31 bits per heavy atom. The van der Waals surface area contributed by atoms with Crippen LogP contribution in [0.4, 0.5) is 11.4 Å². The second-order valence-electron chi connectivity index (χ2n) is 8.56. The molecule has 0 atom stereocenters. The van der Waals surface area contributed by atoms with Gasteiger partial charge in [-0.1, -0.05) is 30.3 Å². The Bertz CT molecular complexity index is 1340. The molecule has 1 saturated carbocycles. The van der Waals surface area contributed by atoms with Gasteiger partial charge in [0.1, 0.15) is 5.75 Å². The topological polar surface area (TPSA) is 105 Å². The molecule has 2 N–H and O–H groups in total. The van der Waals surface area contributed by atoms with Crippen LogP contribution in [0.5, 0.6) is 5.75 Å². The fourth-order valence-electron chi connectivity index (χ4n) is 3.79. The lowest BCUT2D eigenvalue weighted by molar-refractivity contribution is -0.115. The summed E-state index contributed by atoms with van der Waals surface area (Å²) >= 11 is 0. The molecule has 9 heteroatoms. The number of anilines is 2. The number of para-hydroxylation sites is 1. The number of carbonyl (C=O) groups excluding carboxylic acids is 2. The fourth-order valence-corrected chi connectivity index (χ4v) is 5.09. The minimum Gasteiger partial charge on any atom is -0.495 e. The molecular formula is C27H29N3O5S. The number of rotatable bonds is 10. The highest BCUT2D eigenvalue weighted by Crippen LogP contribution is 2.28. The van der Waals surface area contributed by atoms with Gasteiger partial charge in [0.25, 0.3) is 5.91 Å². The van der Waals surface area contributed by atoms with Crippen molar-refractivity contribution in [3.05, 3.63) is 83.9 Å². The van der Waals surface area contributed by atoms with Gasteiger partial charge in [0, 0.05) is 23.8 Å². The van der Waals surface area contributed by atoms with Gasteiger partial charge in [0.05, 0.1) is 24.1 Å². The normalized spacial score (nSPS) is 13.2. The molecule has 188 valence electrons. The number of carbonyl (C=O) groups is 2. The summed E-state index contributed by atoms with van der Waals surface area (Å²) in [6.45, 7) is 2.41. The highest BCUT2D eigenvalue weighted by molar-refractivity contribution is 7.89. The van der Waals surface area contributed by atoms with Gasteiger partial charge in [-0.05, 0) is 67.8 Å². The van der Waals surface area contributed by atoms with Crippen LogP contribution in [0.3, 0.4) is 0 Å². The van der Waals surface area contributed by atoms with E-state index in [2.05, 4.69) is 10.0 Å². The van der Waals surface area contributed by atoms with Crippen molar-refractivity contribution in [2.45, 2.75) is 37.1 Å². The van der Waals surface area contributed by atoms with Gasteiger partial charge in [-0.2, -0.15) is 0 Å². The summed E-state index contributed by atoms with van der Waals surface area (Å²) in [4.78, 5) is 27.6. The lowest BCUT2D eigenvalue weighted by Gasteiger charge is -2.21. The molecule has 0 bridgehead atoms. The first-order valence-corrected chi connectivity index (χ1v) is 13.2. The summed E-state index contributed by atoms with van der Waals surface area (Å²) in [7, 11) is -2.06. The Hall–Kier alpha value is -3.69. The van der Waals surface area contributed by atoms with E-state index in [4.69, 9.17) is 4.74 Å². The molecule has 0 aliphatic heterocycles. The molecule has 1 fully saturated rings. The van der Waals surface area contributed by atoms with Crippen LogP contribution in [0.15, 0.2) is 77.7 Å². The Morgan fingerprint density at radius 2 is 1.69 bits per heavy atom. The third kappa shape index (κ3) is 6.10. The van der Waals surface area contributed by atoms with Crippen LogP contribution in [-0.2, 0) is 21.2 Å². The van der Waals surface area contributed by atoms with Crippen LogP contribution in [-0.4, -0.2) is 39.9 Å². The van der Waals surface area contributed by atoms with Gasteiger partial charge in [0.15, 0.2) is 0 Å². The maximum atomic E-state index is 13.1. The van der Waals surface area contributed by atoms with Crippen LogP contribution in [0.2, 0.25) is 0 Å². The molecule has 1 aliphatic rings. The predicted molar refractivity (Wildman–Crippen MR) is 139 cm³/mol. The Kier molecular flexibility index (Phi) is 7.71. The van der Waals surface area contributed by atoms with E-state index in [-0.39, 0.29) is 29.2 Å². The van der Waals surface area contributed by atoms with Crippen molar-refractivity contribution < 1.29 is 22.7 Å². The lowest BCUT2D eigenvalue weighted by atomic mass is 10.1. The second kappa shape index (κ2) is 10.9. The number of sulfonamides is 1. The average molecular weight is 508 g/mol. The first-order valence-electron chi connectivity index (χ1n) is 11.8. The quantitative estimate of drug-likeness (QED) is 0.432. The van der Waals surface area contributed by atoms with Crippen molar-refractivity contribution in [1.29, 1.82) is 0 Å². The van der Waals surface area contributed by atoms with E-state index < -0.39 is 10.0 Å². The molecule has 0 unspecified atom stereocenters. The maximum absolute atomic E-state index is 13.1. The van der Waals surface area contributed by atoms with E-state index in [9.17, 15) is 18.0 Å². The summed E-state index contributed by atoms with van der Waals surface area (Å²) in [6.07, 6.45) is 1.78. The molecule has 0 radical (unpaired) electrons. The van der Waals surface area contributed by atoms with Crippen molar-refractivity contribution in [2.75, 3.05) is 23.9 Å². The van der Waals surface area contributed by atoms with Crippen LogP contribution < -0.4 is 19.7 Å². The zero-order valence-electron chi connectivity index (χ0n) is 20.2. The van der Waals surface area contributed by atoms with Crippen LogP contribution in [0.1, 0.15) is 35.7 Å². The van der Waals surface area contributed by atoms with Gasteiger partial charge in [-0.15, -0.1) is 0 Å². The molecule has 0 spiro atoms. The predicted octanol–water partition coefficient (Wildman–Crippen LogP) is 3.98. The minimum absolute atomic E-state index is 0.0282. The highest BCUT2D eigenvalue weighted by atomic mass is 32.2. The number of amides is 2. The summed E-state index contributed by atoms with van der Waals surface area (Å²) < 4.78 is 32.7. The number of nitrogens with zero attached hydrogens (tertiary/aromatic N) is 1. The van der Waals surface area contributed by atoms with E-state index >= 15 is 0 Å². The van der Waals surface area contributed by atoms with Gasteiger partial charge in [-0.3, -0.25) is 9.59 Å².